The molecule has 1 N–H and O–H groups in total. The molecular formula is C8H9N. The van der Waals surface area contributed by atoms with Gasteiger partial charge in [0.25, 0.3) is 0 Å². The van der Waals surface area contributed by atoms with Gasteiger partial charge in [-0.25, -0.2) is 0 Å². The smallest absolute Gasteiger partial charge is 0.0885 e. The molecule has 1 heteroatoms. The molecule has 0 amide bonds. The lowest BCUT2D eigenvalue weighted by atomic mass is 9.97. The molecule has 1 unspecified atom stereocenters. The quantitative estimate of drug-likeness (QED) is 0.509. The summed E-state index contributed by atoms with van der Waals surface area (Å²) in [6, 6.07) is 0. The van der Waals surface area contributed by atoms with Crippen molar-refractivity contribution in [2.24, 2.45) is 5.92 Å². The van der Waals surface area contributed by atoms with E-state index in [0.29, 0.717) is 0 Å². The van der Waals surface area contributed by atoms with Crippen LogP contribution in [0.2, 0.25) is 0 Å². The van der Waals surface area contributed by atoms with E-state index in [4.69, 9.17) is 0 Å². The Bertz CT molecular complexity index is 167. The monoisotopic (exact) mass is 119 g/mol. The summed E-state index contributed by atoms with van der Waals surface area (Å²) in [7, 11) is 0. The molecule has 1 nitrogen and oxygen atoms in total. The molecule has 1 heterocycles. The van der Waals surface area contributed by atoms with Crippen molar-refractivity contribution in [1.82, 2.24) is 5.32 Å². The molecule has 2 rings (SSSR count). The molecule has 9 heavy (non-hydrogen) atoms. The lowest BCUT2D eigenvalue weighted by Crippen LogP contribution is -2.06. The Balaban J connectivity index is 2.23. The predicted octanol–water partition coefficient (Wildman–Crippen LogP) is 1.48. The molecule has 0 saturated carbocycles. The van der Waals surface area contributed by atoms with Crippen molar-refractivity contribution < 1.29 is 0 Å². The van der Waals surface area contributed by atoms with Crippen LogP contribution in [0.3, 0.4) is 0 Å². The van der Waals surface area contributed by atoms with Crippen LogP contribution in [0.25, 0.3) is 0 Å². The van der Waals surface area contributed by atoms with Crippen molar-refractivity contribution >= 4 is 0 Å². The highest BCUT2D eigenvalue weighted by atomic mass is 14.9. The van der Waals surface area contributed by atoms with E-state index in [0.717, 1.165) is 12.3 Å². The molecule has 1 atom stereocenters. The second kappa shape index (κ2) is 1.90. The first-order chi connectivity index (χ1) is 4.47. The summed E-state index contributed by atoms with van der Waals surface area (Å²) in [5.74, 6) is 0.718. The molecule has 0 aromatic heterocycles. The third kappa shape index (κ3) is 0.766. The van der Waals surface area contributed by atoms with Crippen LogP contribution in [-0.4, -0.2) is 0 Å². The van der Waals surface area contributed by atoms with Crippen molar-refractivity contribution in [1.29, 1.82) is 0 Å². The predicted molar refractivity (Wildman–Crippen MR) is 36.3 cm³/mol. The minimum absolute atomic E-state index is 0.718. The number of hydrogen-bond donors (Lipinski definition) is 1. The highest BCUT2D eigenvalue weighted by Crippen LogP contribution is 2.27. The van der Waals surface area contributed by atoms with Crippen molar-refractivity contribution in [2.45, 2.75) is 12.8 Å². The van der Waals surface area contributed by atoms with Crippen molar-refractivity contribution in [3.05, 3.63) is 30.5 Å². The summed E-state index contributed by atoms with van der Waals surface area (Å²) >= 11 is 0. The van der Waals surface area contributed by atoms with Crippen LogP contribution in [0.1, 0.15) is 12.8 Å². The Morgan fingerprint density at radius 3 is 3.56 bits per heavy atom. The summed E-state index contributed by atoms with van der Waals surface area (Å²) in [4.78, 5) is 0. The van der Waals surface area contributed by atoms with Gasteiger partial charge in [-0.3, -0.25) is 0 Å². The molecule has 1 saturated heterocycles. The van der Waals surface area contributed by atoms with Gasteiger partial charge in [0.15, 0.2) is 0 Å². The summed E-state index contributed by atoms with van der Waals surface area (Å²) in [5, 5.41) is 3.12. The zero-order valence-electron chi connectivity index (χ0n) is 5.22. The Kier molecular flexibility index (Phi) is 1.08. The van der Waals surface area contributed by atoms with Gasteiger partial charge in [0.2, 0.25) is 0 Å². The molecular weight excluding hydrogens is 110 g/mol. The molecule has 1 aliphatic heterocycles. The maximum absolute atomic E-state index is 3.12. The van der Waals surface area contributed by atoms with E-state index in [1.807, 2.05) is 0 Å². The molecule has 2 radical (unpaired) electrons. The van der Waals surface area contributed by atoms with Crippen molar-refractivity contribution in [3.8, 4) is 0 Å². The summed E-state index contributed by atoms with van der Waals surface area (Å²) < 4.78 is 0. The largest absolute Gasteiger partial charge is 0.378 e. The molecule has 0 bridgehead atoms. The SMILES string of the molecule is [C]1CC2CC=CC=C2N1. The van der Waals surface area contributed by atoms with E-state index >= 15 is 0 Å². The number of fused-ring (bicyclic) bond motifs is 1. The Morgan fingerprint density at radius 1 is 1.67 bits per heavy atom. The van der Waals surface area contributed by atoms with Gasteiger partial charge < -0.3 is 5.32 Å². The maximum Gasteiger partial charge on any atom is 0.0885 e. The molecule has 2 aliphatic rings. The third-order valence-electron chi connectivity index (χ3n) is 1.85. The second-order valence-electron chi connectivity index (χ2n) is 2.49. The van der Waals surface area contributed by atoms with E-state index in [1.165, 1.54) is 12.1 Å². The first-order valence-corrected chi connectivity index (χ1v) is 3.32. The van der Waals surface area contributed by atoms with Gasteiger partial charge in [-0.2, -0.15) is 0 Å². The average Bonchev–Trinajstić information content (AvgIpc) is 2.33. The minimum Gasteiger partial charge on any atom is -0.378 e. The van der Waals surface area contributed by atoms with Crippen LogP contribution in [0, 0.1) is 12.5 Å². The third-order valence-corrected chi connectivity index (χ3v) is 1.85. The standard InChI is InChI=1S/C8H9N/c1-2-4-8-7(3-1)5-6-9-8/h1-2,4,7,9H,3,5H2. The second-order valence-corrected chi connectivity index (χ2v) is 2.49. The van der Waals surface area contributed by atoms with E-state index in [1.54, 1.807) is 0 Å². The average molecular weight is 119 g/mol. The molecule has 0 spiro atoms. The first kappa shape index (κ1) is 5.10. The van der Waals surface area contributed by atoms with Gasteiger partial charge in [0.05, 0.1) is 6.54 Å². The van der Waals surface area contributed by atoms with Crippen LogP contribution in [0.15, 0.2) is 23.9 Å². The lowest BCUT2D eigenvalue weighted by molar-refractivity contribution is 0.657. The fourth-order valence-corrected chi connectivity index (χ4v) is 1.29. The van der Waals surface area contributed by atoms with Crippen LogP contribution < -0.4 is 5.32 Å². The van der Waals surface area contributed by atoms with Crippen LogP contribution in [0.5, 0.6) is 0 Å². The van der Waals surface area contributed by atoms with E-state index < -0.39 is 0 Å². The highest BCUT2D eigenvalue weighted by Gasteiger charge is 2.20. The van der Waals surface area contributed by atoms with Gasteiger partial charge in [-0.1, -0.05) is 12.2 Å². The van der Waals surface area contributed by atoms with Crippen LogP contribution >= 0.6 is 0 Å². The number of nitrogens with one attached hydrogen (secondary N) is 1. The molecule has 0 aromatic carbocycles. The van der Waals surface area contributed by atoms with Crippen molar-refractivity contribution in [3.63, 3.8) is 0 Å². The van der Waals surface area contributed by atoms with E-state index in [9.17, 15) is 0 Å². The number of allylic oxidation sites excluding steroid dienone is 4. The lowest BCUT2D eigenvalue weighted by Gasteiger charge is -2.10. The van der Waals surface area contributed by atoms with Gasteiger partial charge in [0, 0.05) is 11.6 Å². The fourth-order valence-electron chi connectivity index (χ4n) is 1.29. The van der Waals surface area contributed by atoms with Gasteiger partial charge in [-0.15, -0.1) is 0 Å². The highest BCUT2D eigenvalue weighted by molar-refractivity contribution is 5.23. The van der Waals surface area contributed by atoms with Gasteiger partial charge in [0.1, 0.15) is 0 Å². The normalized spacial score (nSPS) is 31.1. The Morgan fingerprint density at radius 2 is 2.67 bits per heavy atom. The van der Waals surface area contributed by atoms with Crippen molar-refractivity contribution in [2.75, 3.05) is 0 Å². The molecule has 0 aromatic rings. The number of rotatable bonds is 0. The molecule has 46 valence electrons. The topological polar surface area (TPSA) is 12.0 Å². The zero-order valence-corrected chi connectivity index (χ0v) is 5.22. The minimum atomic E-state index is 0.718. The zero-order chi connectivity index (χ0) is 6.10. The van der Waals surface area contributed by atoms with Gasteiger partial charge in [-0.05, 0) is 18.9 Å². The van der Waals surface area contributed by atoms with Gasteiger partial charge >= 0.3 is 0 Å². The van der Waals surface area contributed by atoms with E-state index in [-0.39, 0.29) is 0 Å². The Hall–Kier alpha value is -0.720. The first-order valence-electron chi connectivity index (χ1n) is 3.32. The van der Waals surface area contributed by atoms with E-state index in [2.05, 4.69) is 30.1 Å². The fraction of sp³-hybridized carbons (Fsp3) is 0.375. The molecule has 1 aliphatic carbocycles. The summed E-state index contributed by atoms with van der Waals surface area (Å²) in [5.41, 5.74) is 1.34. The molecule has 1 fully saturated rings. The summed E-state index contributed by atoms with van der Waals surface area (Å²) in [6.07, 6.45) is 8.71. The summed E-state index contributed by atoms with van der Waals surface area (Å²) in [6.45, 7) is 3.11. The van der Waals surface area contributed by atoms with Crippen LogP contribution in [-0.2, 0) is 0 Å². The number of hydrogen-bond acceptors (Lipinski definition) is 1. The Labute approximate surface area is 55.5 Å². The maximum atomic E-state index is 3.12. The van der Waals surface area contributed by atoms with Crippen LogP contribution in [0.4, 0.5) is 0 Å².